The molecular weight excluding hydrogens is 298 g/mol. The van der Waals surface area contributed by atoms with Crippen molar-refractivity contribution in [3.63, 3.8) is 0 Å². The first-order valence-corrected chi connectivity index (χ1v) is 8.57. The molecule has 0 spiro atoms. The smallest absolute Gasteiger partial charge is 0.223 e. The predicted molar refractivity (Wildman–Crippen MR) is 85.4 cm³/mol. The number of hydrogen-bond acceptors (Lipinski definition) is 5. The van der Waals surface area contributed by atoms with E-state index in [0.717, 1.165) is 25.7 Å². The van der Waals surface area contributed by atoms with Gasteiger partial charge in [0.2, 0.25) is 5.91 Å². The van der Waals surface area contributed by atoms with Gasteiger partial charge in [-0.3, -0.25) is 4.79 Å². The minimum atomic E-state index is -1.17. The molecule has 1 aliphatic heterocycles. The third kappa shape index (κ3) is 4.68. The van der Waals surface area contributed by atoms with Crippen LogP contribution < -0.4 is 5.32 Å². The molecule has 0 bridgehead atoms. The zero-order chi connectivity index (χ0) is 17.0. The van der Waals surface area contributed by atoms with Crippen molar-refractivity contribution in [2.45, 2.75) is 70.4 Å². The quantitative estimate of drug-likeness (QED) is 0.596. The van der Waals surface area contributed by atoms with Gasteiger partial charge < -0.3 is 25.4 Å². The fourth-order valence-corrected chi connectivity index (χ4v) is 3.38. The van der Waals surface area contributed by atoms with Crippen LogP contribution >= 0.6 is 0 Å². The Labute approximate surface area is 137 Å². The van der Waals surface area contributed by atoms with E-state index in [1.54, 1.807) is 19.9 Å². The normalized spacial score (nSPS) is 31.7. The number of nitrogens with one attached hydrogen (secondary N) is 1. The van der Waals surface area contributed by atoms with Crippen molar-refractivity contribution in [2.75, 3.05) is 6.54 Å². The maximum atomic E-state index is 12.1. The average Bonchev–Trinajstić information content (AvgIpc) is 2.55. The van der Waals surface area contributed by atoms with Crippen LogP contribution in [-0.4, -0.2) is 52.2 Å². The Morgan fingerprint density at radius 3 is 2.65 bits per heavy atom. The molecule has 5 atom stereocenters. The summed E-state index contributed by atoms with van der Waals surface area (Å²) in [5, 5.41) is 33.1. The Morgan fingerprint density at radius 2 is 2.00 bits per heavy atom. The zero-order valence-corrected chi connectivity index (χ0v) is 13.9. The van der Waals surface area contributed by atoms with Crippen LogP contribution in [0.5, 0.6) is 0 Å². The van der Waals surface area contributed by atoms with Crippen molar-refractivity contribution in [3.05, 3.63) is 11.8 Å². The second-order valence-corrected chi connectivity index (χ2v) is 6.85. The fraction of sp³-hybridized carbons (Fsp3) is 0.824. The van der Waals surface area contributed by atoms with E-state index >= 15 is 0 Å². The van der Waals surface area contributed by atoms with Crippen molar-refractivity contribution in [2.24, 2.45) is 11.8 Å². The molecule has 0 aromatic rings. The third-order valence-electron chi connectivity index (χ3n) is 4.98. The molecule has 1 fully saturated rings. The van der Waals surface area contributed by atoms with E-state index in [2.05, 4.69) is 5.32 Å². The second kappa shape index (κ2) is 8.13. The van der Waals surface area contributed by atoms with Crippen LogP contribution in [0.4, 0.5) is 0 Å². The summed E-state index contributed by atoms with van der Waals surface area (Å²) in [4.78, 5) is 12.1. The van der Waals surface area contributed by atoms with Crippen molar-refractivity contribution in [3.8, 4) is 0 Å². The third-order valence-corrected chi connectivity index (χ3v) is 4.98. The summed E-state index contributed by atoms with van der Waals surface area (Å²) in [6, 6.07) is 0. The highest BCUT2D eigenvalue weighted by Crippen LogP contribution is 2.27. The van der Waals surface area contributed by atoms with Crippen LogP contribution in [0, 0.1) is 11.8 Å². The molecule has 0 radical (unpaired) electrons. The highest BCUT2D eigenvalue weighted by atomic mass is 16.5. The van der Waals surface area contributed by atoms with Gasteiger partial charge in [-0.2, -0.15) is 0 Å². The van der Waals surface area contributed by atoms with E-state index in [0.29, 0.717) is 5.76 Å². The lowest BCUT2D eigenvalue weighted by atomic mass is 9.88. The van der Waals surface area contributed by atoms with Crippen LogP contribution in [0.25, 0.3) is 0 Å². The Bertz CT molecular complexity index is 433. The molecule has 1 amide bonds. The van der Waals surface area contributed by atoms with E-state index in [1.807, 2.05) is 0 Å². The Morgan fingerprint density at radius 1 is 1.35 bits per heavy atom. The summed E-state index contributed by atoms with van der Waals surface area (Å²) in [7, 11) is 0. The summed E-state index contributed by atoms with van der Waals surface area (Å²) in [6.07, 6.45) is 2.97. The maximum absolute atomic E-state index is 12.1. The first-order valence-electron chi connectivity index (χ1n) is 8.57. The lowest BCUT2D eigenvalue weighted by molar-refractivity contribution is -0.130. The lowest BCUT2D eigenvalue weighted by Crippen LogP contribution is -2.51. The number of carbonyl (C=O) groups is 1. The molecule has 0 aromatic carbocycles. The molecule has 6 heteroatoms. The molecule has 6 nitrogen and oxygen atoms in total. The van der Waals surface area contributed by atoms with E-state index < -0.39 is 24.4 Å². The van der Waals surface area contributed by atoms with Gasteiger partial charge in [-0.1, -0.05) is 26.2 Å². The molecule has 1 saturated carbocycles. The Kier molecular flexibility index (Phi) is 6.44. The molecule has 2 unspecified atom stereocenters. The summed E-state index contributed by atoms with van der Waals surface area (Å²) >= 11 is 0. The number of allylic oxidation sites excluding steroid dienone is 1. The minimum absolute atomic E-state index is 0.0120. The van der Waals surface area contributed by atoms with Crippen LogP contribution in [0.3, 0.4) is 0 Å². The van der Waals surface area contributed by atoms with Gasteiger partial charge in [-0.15, -0.1) is 0 Å². The number of aliphatic hydroxyl groups is 3. The summed E-state index contributed by atoms with van der Waals surface area (Å²) < 4.78 is 5.55. The average molecular weight is 327 g/mol. The molecule has 0 saturated heterocycles. The highest BCUT2D eigenvalue weighted by molar-refractivity contribution is 5.78. The van der Waals surface area contributed by atoms with Crippen molar-refractivity contribution < 1.29 is 24.9 Å². The fourth-order valence-electron chi connectivity index (χ4n) is 3.38. The van der Waals surface area contributed by atoms with E-state index in [9.17, 15) is 20.1 Å². The van der Waals surface area contributed by atoms with Crippen LogP contribution in [0.2, 0.25) is 0 Å². The molecule has 1 heterocycles. The van der Waals surface area contributed by atoms with Gasteiger partial charge in [0.15, 0.2) is 0 Å². The van der Waals surface area contributed by atoms with Gasteiger partial charge in [-0.25, -0.2) is 0 Å². The van der Waals surface area contributed by atoms with Crippen molar-refractivity contribution in [1.82, 2.24) is 5.32 Å². The number of hydrogen-bond donors (Lipinski definition) is 4. The van der Waals surface area contributed by atoms with Crippen molar-refractivity contribution >= 4 is 5.91 Å². The van der Waals surface area contributed by atoms with Gasteiger partial charge in [0.1, 0.15) is 18.3 Å². The topological polar surface area (TPSA) is 99.0 Å². The van der Waals surface area contributed by atoms with Crippen LogP contribution in [-0.2, 0) is 9.53 Å². The van der Waals surface area contributed by atoms with Gasteiger partial charge in [0, 0.05) is 18.4 Å². The Hall–Kier alpha value is -1.11. The number of ether oxygens (including phenoxy) is 1. The number of amides is 1. The first-order chi connectivity index (χ1) is 10.9. The van der Waals surface area contributed by atoms with Gasteiger partial charge in [-0.05, 0) is 25.8 Å². The maximum Gasteiger partial charge on any atom is 0.223 e. The SMILES string of the molecule is CC1=CC(O)[C@@H](C)C([C@@H](O)[C@@H](O)CNC(=O)C2CCCCC2)O1. The van der Waals surface area contributed by atoms with E-state index in [4.69, 9.17) is 4.74 Å². The molecule has 132 valence electrons. The molecule has 0 aromatic heterocycles. The van der Waals surface area contributed by atoms with Crippen LogP contribution in [0.1, 0.15) is 46.0 Å². The van der Waals surface area contributed by atoms with Gasteiger partial charge in [0.25, 0.3) is 0 Å². The monoisotopic (exact) mass is 327 g/mol. The first kappa shape index (κ1) is 18.2. The summed E-state index contributed by atoms with van der Waals surface area (Å²) in [6.45, 7) is 3.45. The largest absolute Gasteiger partial charge is 0.492 e. The highest BCUT2D eigenvalue weighted by Gasteiger charge is 2.38. The van der Waals surface area contributed by atoms with E-state index in [-0.39, 0.29) is 24.3 Å². The number of aliphatic hydroxyl groups excluding tert-OH is 3. The molecule has 23 heavy (non-hydrogen) atoms. The van der Waals surface area contributed by atoms with Gasteiger partial charge >= 0.3 is 0 Å². The second-order valence-electron chi connectivity index (χ2n) is 6.85. The zero-order valence-electron chi connectivity index (χ0n) is 13.9. The Balaban J connectivity index is 1.83. The lowest BCUT2D eigenvalue weighted by Gasteiger charge is -2.37. The molecule has 2 aliphatic rings. The predicted octanol–water partition coefficient (Wildman–Crippen LogP) is 0.704. The summed E-state index contributed by atoms with van der Waals surface area (Å²) in [5.74, 6) is 0.158. The van der Waals surface area contributed by atoms with E-state index in [1.165, 1.54) is 6.42 Å². The number of carbonyl (C=O) groups excluding carboxylic acids is 1. The molecule has 2 rings (SSSR count). The molecule has 4 N–H and O–H groups in total. The minimum Gasteiger partial charge on any atom is -0.492 e. The van der Waals surface area contributed by atoms with Crippen LogP contribution in [0.15, 0.2) is 11.8 Å². The van der Waals surface area contributed by atoms with Gasteiger partial charge in [0.05, 0.1) is 11.9 Å². The summed E-state index contributed by atoms with van der Waals surface area (Å²) in [5.41, 5.74) is 0. The molecule has 1 aliphatic carbocycles. The molecular formula is C17H29NO5. The number of rotatable bonds is 5. The standard InChI is InChI=1S/C17H29NO5/c1-10-8-13(19)11(2)16(23-10)15(21)14(20)9-18-17(22)12-6-4-3-5-7-12/h8,11-16,19-21H,3-7,9H2,1-2H3,(H,18,22)/t11-,13?,14+,15+,16?/m1/s1. The van der Waals surface area contributed by atoms with Crippen molar-refractivity contribution in [1.29, 1.82) is 0 Å².